The van der Waals surface area contributed by atoms with Gasteiger partial charge in [-0.25, -0.2) is 0 Å². The minimum Gasteiger partial charge on any atom is -0.0887 e. The van der Waals surface area contributed by atoms with Crippen molar-refractivity contribution in [3.63, 3.8) is 0 Å². The van der Waals surface area contributed by atoms with Crippen LogP contribution in [0.5, 0.6) is 0 Å². The highest BCUT2D eigenvalue weighted by Crippen LogP contribution is 2.35. The molecule has 76 valence electrons. The molecule has 1 aliphatic carbocycles. The van der Waals surface area contributed by atoms with Gasteiger partial charge in [0.05, 0.1) is 0 Å². The Morgan fingerprint density at radius 1 is 1.23 bits per heavy atom. The predicted octanol–water partition coefficient (Wildman–Crippen LogP) is 4.56. The second-order valence-corrected chi connectivity index (χ2v) is 4.55. The second-order valence-electron chi connectivity index (χ2n) is 4.55. The molecule has 0 aromatic rings. The van der Waals surface area contributed by atoms with Crippen LogP contribution in [0.1, 0.15) is 59.3 Å². The molecule has 2 unspecified atom stereocenters. The van der Waals surface area contributed by atoms with Crippen molar-refractivity contribution in [1.29, 1.82) is 0 Å². The fourth-order valence-corrected chi connectivity index (χ4v) is 2.62. The quantitative estimate of drug-likeness (QED) is 0.558. The highest BCUT2D eigenvalue weighted by atomic mass is 14.3. The van der Waals surface area contributed by atoms with Gasteiger partial charge >= 0.3 is 0 Å². The Labute approximate surface area is 83.4 Å². The normalized spacial score (nSPS) is 30.5. The number of rotatable bonds is 3. The lowest BCUT2D eigenvalue weighted by Crippen LogP contribution is -2.19. The average molecular weight is 180 g/mol. The fraction of sp³-hybridized carbons (Fsp3) is 0.846. The van der Waals surface area contributed by atoms with Crippen LogP contribution in [-0.4, -0.2) is 0 Å². The van der Waals surface area contributed by atoms with Gasteiger partial charge in [0.15, 0.2) is 0 Å². The van der Waals surface area contributed by atoms with Crippen LogP contribution in [0, 0.1) is 11.8 Å². The zero-order chi connectivity index (χ0) is 9.68. The Morgan fingerprint density at radius 3 is 2.38 bits per heavy atom. The summed E-state index contributed by atoms with van der Waals surface area (Å²) < 4.78 is 0. The van der Waals surface area contributed by atoms with Gasteiger partial charge in [0, 0.05) is 0 Å². The molecule has 0 N–H and O–H groups in total. The number of hydrogen-bond acceptors (Lipinski definition) is 0. The van der Waals surface area contributed by atoms with Crippen LogP contribution < -0.4 is 0 Å². The molecular formula is C13H24. The summed E-state index contributed by atoms with van der Waals surface area (Å²) in [4.78, 5) is 0. The molecule has 0 heteroatoms. The van der Waals surface area contributed by atoms with Crippen LogP contribution in [0.3, 0.4) is 0 Å². The maximum Gasteiger partial charge on any atom is -0.0292 e. The van der Waals surface area contributed by atoms with Gasteiger partial charge in [0.25, 0.3) is 0 Å². The smallest absolute Gasteiger partial charge is 0.0292 e. The van der Waals surface area contributed by atoms with Crippen LogP contribution in [0.15, 0.2) is 11.6 Å². The minimum atomic E-state index is 0.995. The lowest BCUT2D eigenvalue weighted by atomic mass is 9.75. The van der Waals surface area contributed by atoms with Gasteiger partial charge in [-0.2, -0.15) is 0 Å². The average Bonchev–Trinajstić information content (AvgIpc) is 2.18. The van der Waals surface area contributed by atoms with E-state index in [2.05, 4.69) is 26.8 Å². The summed E-state index contributed by atoms with van der Waals surface area (Å²) >= 11 is 0. The molecule has 0 saturated heterocycles. The van der Waals surface area contributed by atoms with Crippen molar-refractivity contribution in [1.82, 2.24) is 0 Å². The topological polar surface area (TPSA) is 0 Å². The van der Waals surface area contributed by atoms with Crippen LogP contribution in [-0.2, 0) is 0 Å². The highest BCUT2D eigenvalue weighted by Gasteiger charge is 2.23. The van der Waals surface area contributed by atoms with E-state index < -0.39 is 0 Å². The predicted molar refractivity (Wildman–Crippen MR) is 59.8 cm³/mol. The van der Waals surface area contributed by atoms with E-state index in [1.165, 1.54) is 38.5 Å². The first kappa shape index (κ1) is 10.8. The van der Waals surface area contributed by atoms with Crippen molar-refractivity contribution >= 4 is 0 Å². The minimum absolute atomic E-state index is 0.995. The summed E-state index contributed by atoms with van der Waals surface area (Å²) in [5, 5.41) is 0. The molecule has 0 spiro atoms. The molecule has 0 aliphatic heterocycles. The van der Waals surface area contributed by atoms with Crippen LogP contribution >= 0.6 is 0 Å². The van der Waals surface area contributed by atoms with Crippen molar-refractivity contribution in [3.8, 4) is 0 Å². The molecular weight excluding hydrogens is 156 g/mol. The Morgan fingerprint density at radius 2 is 1.85 bits per heavy atom. The van der Waals surface area contributed by atoms with Gasteiger partial charge in [-0.3, -0.25) is 0 Å². The van der Waals surface area contributed by atoms with Gasteiger partial charge in [-0.15, -0.1) is 0 Å². The van der Waals surface area contributed by atoms with Crippen molar-refractivity contribution in [2.24, 2.45) is 11.8 Å². The van der Waals surface area contributed by atoms with Gasteiger partial charge < -0.3 is 0 Å². The third-order valence-electron chi connectivity index (χ3n) is 3.67. The lowest BCUT2D eigenvalue weighted by molar-refractivity contribution is 0.229. The molecule has 13 heavy (non-hydrogen) atoms. The van der Waals surface area contributed by atoms with Gasteiger partial charge in [0.1, 0.15) is 0 Å². The molecule has 1 fully saturated rings. The Hall–Kier alpha value is -0.260. The Balaban J connectivity index is 2.45. The summed E-state index contributed by atoms with van der Waals surface area (Å²) in [5.41, 5.74) is 1.59. The largest absolute Gasteiger partial charge is 0.0887 e. The molecule has 2 atom stereocenters. The van der Waals surface area contributed by atoms with E-state index in [4.69, 9.17) is 0 Å². The molecule has 0 amide bonds. The van der Waals surface area contributed by atoms with Crippen molar-refractivity contribution in [3.05, 3.63) is 11.6 Å². The first-order valence-electron chi connectivity index (χ1n) is 5.89. The summed E-state index contributed by atoms with van der Waals surface area (Å²) in [5.74, 6) is 2.01. The van der Waals surface area contributed by atoms with E-state index in [1.54, 1.807) is 5.57 Å². The zero-order valence-corrected chi connectivity index (χ0v) is 9.47. The first-order valence-corrected chi connectivity index (χ1v) is 5.89. The summed E-state index contributed by atoms with van der Waals surface area (Å²) in [6.45, 7) is 6.80. The summed E-state index contributed by atoms with van der Waals surface area (Å²) in [6, 6.07) is 0. The van der Waals surface area contributed by atoms with Crippen LogP contribution in [0.25, 0.3) is 0 Å². The van der Waals surface area contributed by atoms with E-state index in [0.717, 1.165) is 11.8 Å². The monoisotopic (exact) mass is 180 g/mol. The molecule has 1 aliphatic rings. The summed E-state index contributed by atoms with van der Waals surface area (Å²) in [7, 11) is 0. The maximum absolute atomic E-state index is 2.36. The Bertz CT molecular complexity index is 167. The number of hydrogen-bond donors (Lipinski definition) is 0. The molecule has 1 rings (SSSR count). The van der Waals surface area contributed by atoms with E-state index >= 15 is 0 Å². The number of allylic oxidation sites excluding steroid dienone is 2. The first-order chi connectivity index (χ1) is 6.27. The standard InChI is InChI=1S/C13H24/c1-4-11(3)10-13-9-7-6-8-12(13)5-2/h4,12-13H,5-10H2,1-3H3/b11-4+. The fourth-order valence-electron chi connectivity index (χ4n) is 2.62. The van der Waals surface area contributed by atoms with Crippen molar-refractivity contribution in [2.75, 3.05) is 0 Å². The lowest BCUT2D eigenvalue weighted by Gasteiger charge is -2.31. The van der Waals surface area contributed by atoms with E-state index in [1.807, 2.05) is 0 Å². The molecule has 1 saturated carbocycles. The van der Waals surface area contributed by atoms with Gasteiger partial charge in [-0.05, 0) is 38.5 Å². The van der Waals surface area contributed by atoms with E-state index in [9.17, 15) is 0 Å². The Kier molecular flexibility index (Phi) is 4.55. The van der Waals surface area contributed by atoms with Gasteiger partial charge in [-0.1, -0.05) is 44.3 Å². The molecule has 0 bridgehead atoms. The molecule has 0 aromatic carbocycles. The third-order valence-corrected chi connectivity index (χ3v) is 3.67. The van der Waals surface area contributed by atoms with E-state index in [0.29, 0.717) is 0 Å². The SMILES string of the molecule is C/C=C(\C)CC1CCCCC1CC. The maximum atomic E-state index is 2.36. The zero-order valence-electron chi connectivity index (χ0n) is 9.47. The molecule has 0 heterocycles. The summed E-state index contributed by atoms with van der Waals surface area (Å²) in [6.07, 6.45) is 10.9. The molecule has 0 nitrogen and oxygen atoms in total. The second kappa shape index (κ2) is 5.47. The molecule has 0 radical (unpaired) electrons. The van der Waals surface area contributed by atoms with Crippen LogP contribution in [0.2, 0.25) is 0 Å². The third kappa shape index (κ3) is 3.17. The van der Waals surface area contributed by atoms with E-state index in [-0.39, 0.29) is 0 Å². The molecule has 0 aromatic heterocycles. The van der Waals surface area contributed by atoms with Crippen molar-refractivity contribution < 1.29 is 0 Å². The van der Waals surface area contributed by atoms with Crippen molar-refractivity contribution in [2.45, 2.75) is 59.3 Å². The highest BCUT2D eigenvalue weighted by molar-refractivity contribution is 4.98. The van der Waals surface area contributed by atoms with Gasteiger partial charge in [0.2, 0.25) is 0 Å². The van der Waals surface area contributed by atoms with Crippen LogP contribution in [0.4, 0.5) is 0 Å².